The van der Waals surface area contributed by atoms with E-state index in [1.807, 2.05) is 11.3 Å². The Balaban J connectivity index is 1.13. The monoisotopic (exact) mass is 468 g/mol. The van der Waals surface area contributed by atoms with E-state index < -0.39 is 0 Å². The molecular weight excluding hydrogens is 435 g/mol. The molecule has 6 heteroatoms. The summed E-state index contributed by atoms with van der Waals surface area (Å²) >= 11 is 1.87. The van der Waals surface area contributed by atoms with Crippen molar-refractivity contribution < 1.29 is 13.7 Å². The van der Waals surface area contributed by atoms with Crippen molar-refractivity contribution >= 4 is 28.1 Å². The highest BCUT2D eigenvalue weighted by Gasteiger charge is 2.30. The highest BCUT2D eigenvalue weighted by molar-refractivity contribution is 7.12. The predicted octanol–water partition coefficient (Wildman–Crippen LogP) is 6.78. The second-order valence-electron chi connectivity index (χ2n) is 9.72. The number of hydrogen-bond donors (Lipinski definition) is 0. The Morgan fingerprint density at radius 2 is 2.03 bits per heavy atom. The lowest BCUT2D eigenvalue weighted by Gasteiger charge is -2.32. The Bertz CT molecular complexity index is 1110. The lowest BCUT2D eigenvalue weighted by atomic mass is 9.84. The van der Waals surface area contributed by atoms with E-state index in [4.69, 9.17) is 4.52 Å². The first-order chi connectivity index (χ1) is 16.1. The number of fused-ring (bicyclic) bond motifs is 2. The summed E-state index contributed by atoms with van der Waals surface area (Å²) in [4.78, 5) is 18.3. The lowest BCUT2D eigenvalue weighted by molar-refractivity contribution is 0.0878. The van der Waals surface area contributed by atoms with E-state index in [1.54, 1.807) is 6.07 Å². The summed E-state index contributed by atoms with van der Waals surface area (Å²) in [5.41, 5.74) is 2.52. The molecule has 2 aliphatic rings. The average molecular weight is 469 g/mol. The fraction of sp³-hybridized carbons (Fsp3) is 0.556. The van der Waals surface area contributed by atoms with Gasteiger partial charge in [-0.15, -0.1) is 11.3 Å². The minimum absolute atomic E-state index is 0.169. The number of unbranched alkanes of at least 4 members (excludes halogenated alkanes) is 2. The molecular formula is C27H33FN2O2S. The fourth-order valence-electron chi connectivity index (χ4n) is 5.48. The van der Waals surface area contributed by atoms with Gasteiger partial charge in [-0.25, -0.2) is 4.39 Å². The van der Waals surface area contributed by atoms with Crippen LogP contribution < -0.4 is 0 Å². The summed E-state index contributed by atoms with van der Waals surface area (Å²) < 4.78 is 18.8. The average Bonchev–Trinajstić information content (AvgIpc) is 3.43. The first kappa shape index (κ1) is 22.7. The highest BCUT2D eigenvalue weighted by Crippen LogP contribution is 2.36. The van der Waals surface area contributed by atoms with Gasteiger partial charge in [-0.3, -0.25) is 4.79 Å². The van der Waals surface area contributed by atoms with E-state index in [-0.39, 0.29) is 11.7 Å². The lowest BCUT2D eigenvalue weighted by Crippen LogP contribution is -2.35. The Kier molecular flexibility index (Phi) is 6.93. The Labute approximate surface area is 199 Å². The zero-order chi connectivity index (χ0) is 22.8. The molecule has 0 amide bonds. The Morgan fingerprint density at radius 3 is 2.85 bits per heavy atom. The number of benzene rings is 1. The van der Waals surface area contributed by atoms with Crippen LogP contribution in [0.25, 0.3) is 11.0 Å². The number of carbonyl (C=O) groups excluding carboxylic acids is 1. The standard InChI is InChI=1S/C27H33FN2O2S/c1-2-3-4-5-21-17-23-25(33-21)9-6-19(27(23)31)12-15-30-13-10-18(11-14-30)26-22-8-7-20(28)16-24(22)32-29-26/h7-8,16-19H,2-6,9-15H2,1H3. The number of thiophene rings is 1. The maximum Gasteiger partial charge on any atom is 0.170 e. The molecule has 1 aromatic carbocycles. The van der Waals surface area contributed by atoms with Crippen LogP contribution in [0.5, 0.6) is 0 Å². The second-order valence-corrected chi connectivity index (χ2v) is 10.9. The molecule has 1 atom stereocenters. The summed E-state index contributed by atoms with van der Waals surface area (Å²) in [5.74, 6) is 0.608. The van der Waals surface area contributed by atoms with E-state index in [9.17, 15) is 9.18 Å². The maximum absolute atomic E-state index is 13.4. The number of piperidine rings is 1. The van der Waals surface area contributed by atoms with E-state index in [1.165, 1.54) is 41.1 Å². The summed E-state index contributed by atoms with van der Waals surface area (Å²) in [6.07, 6.45) is 9.90. The van der Waals surface area contributed by atoms with E-state index in [0.717, 1.165) is 74.8 Å². The Hall–Kier alpha value is -2.05. The van der Waals surface area contributed by atoms with Gasteiger partial charge in [-0.2, -0.15) is 0 Å². The first-order valence-corrected chi connectivity index (χ1v) is 13.4. The van der Waals surface area contributed by atoms with Crippen LogP contribution in [0.2, 0.25) is 0 Å². The highest BCUT2D eigenvalue weighted by atomic mass is 32.1. The number of rotatable bonds is 8. The van der Waals surface area contributed by atoms with Crippen molar-refractivity contribution in [3.63, 3.8) is 0 Å². The molecule has 1 fully saturated rings. The van der Waals surface area contributed by atoms with Gasteiger partial charge in [0.2, 0.25) is 0 Å². The van der Waals surface area contributed by atoms with Gasteiger partial charge in [-0.1, -0.05) is 24.9 Å². The minimum Gasteiger partial charge on any atom is -0.356 e. The molecule has 0 radical (unpaired) electrons. The van der Waals surface area contributed by atoms with Crippen LogP contribution in [-0.2, 0) is 12.8 Å². The maximum atomic E-state index is 13.4. The van der Waals surface area contributed by atoms with Gasteiger partial charge in [0.05, 0.1) is 5.69 Å². The van der Waals surface area contributed by atoms with Crippen molar-refractivity contribution in [2.24, 2.45) is 5.92 Å². The summed E-state index contributed by atoms with van der Waals surface area (Å²) in [7, 11) is 0. The molecule has 4 nitrogen and oxygen atoms in total. The third kappa shape index (κ3) is 4.92. The van der Waals surface area contributed by atoms with Crippen LogP contribution in [0.1, 0.15) is 83.6 Å². The molecule has 0 saturated carbocycles. The number of aryl methyl sites for hydroxylation is 2. The van der Waals surface area contributed by atoms with Gasteiger partial charge in [0, 0.05) is 38.6 Å². The predicted molar refractivity (Wildman–Crippen MR) is 131 cm³/mol. The summed E-state index contributed by atoms with van der Waals surface area (Å²) in [5, 5.41) is 5.19. The third-order valence-electron chi connectivity index (χ3n) is 7.47. The zero-order valence-corrected chi connectivity index (χ0v) is 20.3. The molecule has 3 aromatic rings. The van der Waals surface area contributed by atoms with Crippen molar-refractivity contribution in [2.45, 2.75) is 70.6 Å². The van der Waals surface area contributed by atoms with Crippen LogP contribution in [0, 0.1) is 11.7 Å². The topological polar surface area (TPSA) is 46.3 Å². The molecule has 2 aromatic heterocycles. The van der Waals surface area contributed by atoms with Gasteiger partial charge in [0.1, 0.15) is 5.82 Å². The second kappa shape index (κ2) is 10.1. The molecule has 3 heterocycles. The number of ketones is 1. The molecule has 0 N–H and O–H groups in total. The van der Waals surface area contributed by atoms with E-state index in [2.05, 4.69) is 23.0 Å². The SMILES string of the molecule is CCCCCc1cc2c(s1)CCC(CCN1CCC(c3noc4cc(F)ccc34)CC1)C2=O. The van der Waals surface area contributed by atoms with Gasteiger partial charge >= 0.3 is 0 Å². The van der Waals surface area contributed by atoms with Crippen LogP contribution >= 0.6 is 11.3 Å². The van der Waals surface area contributed by atoms with Crippen molar-refractivity contribution in [1.29, 1.82) is 0 Å². The fourth-order valence-corrected chi connectivity index (χ4v) is 6.71. The number of carbonyl (C=O) groups is 1. The van der Waals surface area contributed by atoms with Gasteiger partial charge in [0.25, 0.3) is 0 Å². The molecule has 33 heavy (non-hydrogen) atoms. The number of halogens is 1. The summed E-state index contributed by atoms with van der Waals surface area (Å²) in [6, 6.07) is 6.87. The zero-order valence-electron chi connectivity index (χ0n) is 19.4. The van der Waals surface area contributed by atoms with Gasteiger partial charge < -0.3 is 9.42 Å². The third-order valence-corrected chi connectivity index (χ3v) is 8.73. The number of likely N-dealkylation sites (tertiary alicyclic amines) is 1. The van der Waals surface area contributed by atoms with Crippen molar-refractivity contribution in [2.75, 3.05) is 19.6 Å². The molecule has 0 bridgehead atoms. The molecule has 1 aliphatic heterocycles. The first-order valence-electron chi connectivity index (χ1n) is 12.6. The van der Waals surface area contributed by atoms with Gasteiger partial charge in [0.15, 0.2) is 11.4 Å². The molecule has 1 saturated heterocycles. The molecule has 0 spiro atoms. The van der Waals surface area contributed by atoms with E-state index >= 15 is 0 Å². The summed E-state index contributed by atoms with van der Waals surface area (Å²) in [6.45, 7) is 5.23. The van der Waals surface area contributed by atoms with Crippen LogP contribution in [0.15, 0.2) is 28.8 Å². The van der Waals surface area contributed by atoms with E-state index in [0.29, 0.717) is 17.3 Å². The molecule has 1 aliphatic carbocycles. The van der Waals surface area contributed by atoms with Crippen molar-refractivity contribution in [3.05, 3.63) is 51.1 Å². The number of Topliss-reactive ketones (excluding diaryl/α,β-unsaturated/α-hetero) is 1. The number of aromatic nitrogens is 1. The smallest absolute Gasteiger partial charge is 0.170 e. The van der Waals surface area contributed by atoms with Crippen molar-refractivity contribution in [1.82, 2.24) is 10.1 Å². The quantitative estimate of drug-likeness (QED) is 0.342. The number of hydrogen-bond acceptors (Lipinski definition) is 5. The normalized spacial score (nSPS) is 19.9. The van der Waals surface area contributed by atoms with Crippen LogP contribution in [0.3, 0.4) is 0 Å². The molecule has 1 unspecified atom stereocenters. The number of nitrogens with zero attached hydrogens (tertiary/aromatic N) is 2. The Morgan fingerprint density at radius 1 is 1.18 bits per heavy atom. The van der Waals surface area contributed by atoms with Gasteiger partial charge in [-0.05, 0) is 82.8 Å². The largest absolute Gasteiger partial charge is 0.356 e. The van der Waals surface area contributed by atoms with Crippen LogP contribution in [0.4, 0.5) is 4.39 Å². The van der Waals surface area contributed by atoms with Crippen molar-refractivity contribution in [3.8, 4) is 0 Å². The van der Waals surface area contributed by atoms with Crippen LogP contribution in [-0.4, -0.2) is 35.5 Å². The minimum atomic E-state index is -0.292. The molecule has 5 rings (SSSR count). The molecule has 176 valence electrons.